The van der Waals surface area contributed by atoms with Crippen LogP contribution in [0.3, 0.4) is 0 Å². The molecule has 0 radical (unpaired) electrons. The second-order valence-electron chi connectivity index (χ2n) is 3.70. The molecule has 0 spiro atoms. The molecule has 5 heteroatoms. The lowest BCUT2D eigenvalue weighted by atomic mass is 10.0. The molecule has 2 rings (SSSR count). The zero-order valence-corrected chi connectivity index (χ0v) is 10.7. The first-order valence-corrected chi connectivity index (χ1v) is 7.11. The molecule has 2 unspecified atom stereocenters. The lowest BCUT2D eigenvalue weighted by Crippen LogP contribution is -2.25. The minimum Gasteiger partial charge on any atom is -0.323 e. The van der Waals surface area contributed by atoms with Gasteiger partial charge in [0.2, 0.25) is 0 Å². The average Bonchev–Trinajstić information content (AvgIpc) is 2.34. The second kappa shape index (κ2) is 3.57. The minimum atomic E-state index is -3.21. The van der Waals surface area contributed by atoms with Crippen molar-refractivity contribution in [1.29, 1.82) is 0 Å². The van der Waals surface area contributed by atoms with Crippen LogP contribution in [0.2, 0.25) is 0 Å². The molecular weight excluding hydrogens is 278 g/mol. The van der Waals surface area contributed by atoms with E-state index in [4.69, 9.17) is 5.73 Å². The molecule has 1 aromatic rings. The van der Waals surface area contributed by atoms with Crippen LogP contribution in [-0.2, 0) is 9.84 Å². The van der Waals surface area contributed by atoms with Crippen molar-refractivity contribution >= 4 is 25.8 Å². The van der Waals surface area contributed by atoms with Crippen molar-refractivity contribution in [2.45, 2.75) is 29.5 Å². The van der Waals surface area contributed by atoms with Crippen molar-refractivity contribution in [3.8, 4) is 0 Å². The van der Waals surface area contributed by atoms with Crippen molar-refractivity contribution in [1.82, 2.24) is 0 Å². The van der Waals surface area contributed by atoms with Gasteiger partial charge in [0, 0.05) is 10.5 Å². The molecule has 0 amide bonds. The van der Waals surface area contributed by atoms with E-state index in [9.17, 15) is 8.42 Å². The molecule has 0 saturated heterocycles. The molecular formula is C10H12BrNO2S. The van der Waals surface area contributed by atoms with Gasteiger partial charge in [-0.3, -0.25) is 0 Å². The Bertz CT molecular complexity index is 498. The predicted molar refractivity (Wildman–Crippen MR) is 62.3 cm³/mol. The third kappa shape index (κ3) is 1.53. The number of benzene rings is 1. The van der Waals surface area contributed by atoms with Crippen LogP contribution >= 0.6 is 15.9 Å². The second-order valence-corrected chi connectivity index (χ2v) is 6.75. The fourth-order valence-corrected chi connectivity index (χ4v) is 4.53. The summed E-state index contributed by atoms with van der Waals surface area (Å²) in [5, 5.41) is -0.471. The standard InChI is InChI=1S/C10H12BrNO2S/c1-2-8-10(12)7-5-6(11)3-4-9(7)15(8,13)14/h3-5,8,10H,2,12H2,1H3. The summed E-state index contributed by atoms with van der Waals surface area (Å²) in [7, 11) is -3.21. The summed E-state index contributed by atoms with van der Waals surface area (Å²) in [5.41, 5.74) is 6.68. The number of fused-ring (bicyclic) bond motifs is 1. The quantitative estimate of drug-likeness (QED) is 0.860. The van der Waals surface area contributed by atoms with Crippen LogP contribution in [0.4, 0.5) is 0 Å². The van der Waals surface area contributed by atoms with E-state index in [1.54, 1.807) is 18.2 Å². The van der Waals surface area contributed by atoms with E-state index >= 15 is 0 Å². The molecule has 82 valence electrons. The Labute approximate surface area is 97.7 Å². The zero-order chi connectivity index (χ0) is 11.2. The van der Waals surface area contributed by atoms with Crippen molar-refractivity contribution < 1.29 is 8.42 Å². The number of nitrogens with two attached hydrogens (primary N) is 1. The van der Waals surface area contributed by atoms with E-state index in [0.717, 1.165) is 10.0 Å². The van der Waals surface area contributed by atoms with Crippen LogP contribution in [0.1, 0.15) is 24.9 Å². The molecule has 0 fully saturated rings. The Morgan fingerprint density at radius 2 is 2.13 bits per heavy atom. The molecule has 1 heterocycles. The Hall–Kier alpha value is -0.390. The normalized spacial score (nSPS) is 27.7. The minimum absolute atomic E-state index is 0.394. The smallest absolute Gasteiger partial charge is 0.183 e. The van der Waals surface area contributed by atoms with Gasteiger partial charge in [0.15, 0.2) is 9.84 Å². The van der Waals surface area contributed by atoms with Crippen LogP contribution in [0.15, 0.2) is 27.6 Å². The topological polar surface area (TPSA) is 60.2 Å². The highest BCUT2D eigenvalue weighted by Gasteiger charge is 2.41. The molecule has 0 saturated carbocycles. The lowest BCUT2D eigenvalue weighted by molar-refractivity contribution is 0.567. The van der Waals surface area contributed by atoms with E-state index in [-0.39, 0.29) is 0 Å². The van der Waals surface area contributed by atoms with Gasteiger partial charge in [-0.15, -0.1) is 0 Å². The SMILES string of the molecule is CCC1C(N)c2cc(Br)ccc2S1(=O)=O. The van der Waals surface area contributed by atoms with Crippen molar-refractivity contribution in [3.63, 3.8) is 0 Å². The van der Waals surface area contributed by atoms with Gasteiger partial charge in [-0.25, -0.2) is 8.42 Å². The van der Waals surface area contributed by atoms with Gasteiger partial charge in [-0.1, -0.05) is 22.9 Å². The van der Waals surface area contributed by atoms with Crippen LogP contribution in [-0.4, -0.2) is 13.7 Å². The van der Waals surface area contributed by atoms with Crippen LogP contribution in [0.5, 0.6) is 0 Å². The molecule has 15 heavy (non-hydrogen) atoms. The zero-order valence-electron chi connectivity index (χ0n) is 8.27. The molecule has 2 atom stereocenters. The van der Waals surface area contributed by atoms with Gasteiger partial charge in [-0.2, -0.15) is 0 Å². The largest absolute Gasteiger partial charge is 0.323 e. The van der Waals surface area contributed by atoms with E-state index in [2.05, 4.69) is 15.9 Å². The van der Waals surface area contributed by atoms with Crippen LogP contribution < -0.4 is 5.73 Å². The van der Waals surface area contributed by atoms with Gasteiger partial charge in [-0.05, 0) is 30.2 Å². The number of sulfone groups is 1. The maximum absolute atomic E-state index is 12.0. The predicted octanol–water partition coefficient (Wildman–Crippen LogP) is 2.01. The Kier molecular flexibility index (Phi) is 2.65. The van der Waals surface area contributed by atoms with E-state index < -0.39 is 21.1 Å². The third-order valence-electron chi connectivity index (χ3n) is 2.84. The van der Waals surface area contributed by atoms with Gasteiger partial charge < -0.3 is 5.73 Å². The summed E-state index contributed by atoms with van der Waals surface area (Å²) in [4.78, 5) is 0.394. The molecule has 0 aromatic heterocycles. The van der Waals surface area contributed by atoms with E-state index in [1.165, 1.54) is 0 Å². The molecule has 1 aliphatic rings. The summed E-state index contributed by atoms with van der Waals surface area (Å²) in [6.07, 6.45) is 0.551. The molecule has 1 aromatic carbocycles. The molecule has 1 aliphatic heterocycles. The number of hydrogen-bond acceptors (Lipinski definition) is 3. The highest BCUT2D eigenvalue weighted by Crippen LogP contribution is 2.40. The van der Waals surface area contributed by atoms with E-state index in [0.29, 0.717) is 11.3 Å². The average molecular weight is 290 g/mol. The first kappa shape index (κ1) is 11.1. The highest BCUT2D eigenvalue weighted by molar-refractivity contribution is 9.10. The lowest BCUT2D eigenvalue weighted by Gasteiger charge is -2.11. The van der Waals surface area contributed by atoms with Gasteiger partial charge >= 0.3 is 0 Å². The van der Waals surface area contributed by atoms with Gasteiger partial charge in [0.05, 0.1) is 10.1 Å². The first-order valence-electron chi connectivity index (χ1n) is 4.77. The highest BCUT2D eigenvalue weighted by atomic mass is 79.9. The fourth-order valence-electron chi connectivity index (χ4n) is 2.07. The summed E-state index contributed by atoms with van der Waals surface area (Å²) < 4.78 is 24.9. The summed E-state index contributed by atoms with van der Waals surface area (Å²) in [6, 6.07) is 4.77. The number of halogens is 1. The van der Waals surface area contributed by atoms with Gasteiger partial charge in [0.1, 0.15) is 0 Å². The fraction of sp³-hybridized carbons (Fsp3) is 0.400. The molecule has 0 aliphatic carbocycles. The number of hydrogen-bond donors (Lipinski definition) is 1. The molecule has 0 bridgehead atoms. The first-order chi connectivity index (χ1) is 6.98. The van der Waals surface area contributed by atoms with E-state index in [1.807, 2.05) is 6.92 Å². The Balaban J connectivity index is 2.68. The Morgan fingerprint density at radius 3 is 2.73 bits per heavy atom. The monoisotopic (exact) mass is 289 g/mol. The van der Waals surface area contributed by atoms with Crippen molar-refractivity contribution in [2.24, 2.45) is 5.73 Å². The maximum Gasteiger partial charge on any atom is 0.183 e. The summed E-state index contributed by atoms with van der Waals surface area (Å²) in [5.74, 6) is 0. The molecule has 3 nitrogen and oxygen atoms in total. The summed E-state index contributed by atoms with van der Waals surface area (Å²) >= 11 is 3.32. The van der Waals surface area contributed by atoms with Crippen LogP contribution in [0, 0.1) is 0 Å². The van der Waals surface area contributed by atoms with Gasteiger partial charge in [0.25, 0.3) is 0 Å². The number of rotatable bonds is 1. The summed E-state index contributed by atoms with van der Waals surface area (Å²) in [6.45, 7) is 1.85. The van der Waals surface area contributed by atoms with Crippen molar-refractivity contribution in [3.05, 3.63) is 28.2 Å². The van der Waals surface area contributed by atoms with Crippen molar-refractivity contribution in [2.75, 3.05) is 0 Å². The molecule has 2 N–H and O–H groups in total. The Morgan fingerprint density at radius 1 is 1.47 bits per heavy atom. The van der Waals surface area contributed by atoms with Crippen LogP contribution in [0.25, 0.3) is 0 Å². The maximum atomic E-state index is 12.0. The third-order valence-corrected chi connectivity index (χ3v) is 5.74.